The van der Waals surface area contributed by atoms with Gasteiger partial charge >= 0.3 is 0 Å². The molecule has 3 heterocycles. The van der Waals surface area contributed by atoms with Gasteiger partial charge in [-0.3, -0.25) is 0 Å². The number of para-hydroxylation sites is 1. The van der Waals surface area contributed by atoms with Gasteiger partial charge in [0, 0.05) is 18.7 Å². The minimum Gasteiger partial charge on any atom is -0.486 e. The van der Waals surface area contributed by atoms with Gasteiger partial charge in [-0.05, 0) is 31.0 Å². The van der Waals surface area contributed by atoms with Crippen LogP contribution in [-0.2, 0) is 0 Å². The van der Waals surface area contributed by atoms with Gasteiger partial charge in [0.15, 0.2) is 0 Å². The molecule has 2 atom stereocenters. The molecule has 1 saturated carbocycles. The molecule has 0 bridgehead atoms. The predicted octanol–water partition coefficient (Wildman–Crippen LogP) is 2.46. The third-order valence-electron chi connectivity index (χ3n) is 4.92. The van der Waals surface area contributed by atoms with Crippen LogP contribution in [0.15, 0.2) is 42.6 Å². The maximum atomic E-state index is 10.5. The number of hydrogen-bond acceptors (Lipinski definition) is 5. The van der Waals surface area contributed by atoms with Gasteiger partial charge in [-0.1, -0.05) is 18.2 Å². The first kappa shape index (κ1) is 14.7. The Kier molecular flexibility index (Phi) is 3.38. The van der Waals surface area contributed by atoms with Crippen molar-refractivity contribution in [2.24, 2.45) is 0 Å². The fourth-order valence-electron chi connectivity index (χ4n) is 3.43. The molecule has 128 valence electrons. The molecule has 1 saturated heterocycles. The van der Waals surface area contributed by atoms with E-state index < -0.39 is 6.10 Å². The van der Waals surface area contributed by atoms with Crippen LogP contribution < -0.4 is 9.64 Å². The summed E-state index contributed by atoms with van der Waals surface area (Å²) < 4.78 is 5.98. The van der Waals surface area contributed by atoms with Crippen LogP contribution in [0, 0.1) is 0 Å². The van der Waals surface area contributed by atoms with Gasteiger partial charge in [-0.25, -0.2) is 9.97 Å². The van der Waals surface area contributed by atoms with E-state index in [9.17, 15) is 5.11 Å². The number of nitrogens with zero attached hydrogens (tertiary/aromatic N) is 3. The Bertz CT molecular complexity index is 891. The van der Waals surface area contributed by atoms with Crippen LogP contribution in [0.4, 0.5) is 5.82 Å². The molecule has 0 amide bonds. The quantitative estimate of drug-likeness (QED) is 0.765. The van der Waals surface area contributed by atoms with E-state index in [-0.39, 0.29) is 6.10 Å². The smallest absolute Gasteiger partial charge is 0.144 e. The molecule has 2 aromatic heterocycles. The lowest BCUT2D eigenvalue weighted by atomic mass is 10.2. The molecule has 1 aromatic carbocycles. The second-order valence-electron chi connectivity index (χ2n) is 6.86. The molecule has 6 nitrogen and oxygen atoms in total. The number of H-pyrrole nitrogens is 1. The van der Waals surface area contributed by atoms with E-state index in [1.807, 2.05) is 42.6 Å². The second kappa shape index (κ2) is 5.74. The average molecular weight is 336 g/mol. The van der Waals surface area contributed by atoms with Crippen molar-refractivity contribution in [3.05, 3.63) is 48.4 Å². The van der Waals surface area contributed by atoms with E-state index in [2.05, 4.69) is 14.9 Å². The molecule has 6 heteroatoms. The highest BCUT2D eigenvalue weighted by atomic mass is 16.5. The molecule has 0 unspecified atom stereocenters. The van der Waals surface area contributed by atoms with Gasteiger partial charge in [0.25, 0.3) is 0 Å². The first-order valence-corrected chi connectivity index (χ1v) is 8.77. The number of aliphatic hydroxyl groups excluding tert-OH is 1. The number of aromatic nitrogens is 3. The van der Waals surface area contributed by atoms with Crippen LogP contribution in [0.1, 0.15) is 24.6 Å². The molecule has 1 aliphatic heterocycles. The maximum Gasteiger partial charge on any atom is 0.144 e. The van der Waals surface area contributed by atoms with E-state index in [1.54, 1.807) is 0 Å². The summed E-state index contributed by atoms with van der Waals surface area (Å²) in [5.41, 5.74) is 0.869. The van der Waals surface area contributed by atoms with Gasteiger partial charge in [-0.15, -0.1) is 0 Å². The molecule has 2 fully saturated rings. The van der Waals surface area contributed by atoms with Crippen molar-refractivity contribution >= 4 is 16.9 Å². The van der Waals surface area contributed by atoms with Gasteiger partial charge in [0.1, 0.15) is 35.2 Å². The van der Waals surface area contributed by atoms with Crippen molar-refractivity contribution in [1.29, 1.82) is 0 Å². The van der Waals surface area contributed by atoms with Crippen LogP contribution >= 0.6 is 0 Å². The predicted molar refractivity (Wildman–Crippen MR) is 94.9 cm³/mol. The molecule has 25 heavy (non-hydrogen) atoms. The van der Waals surface area contributed by atoms with E-state index in [1.165, 1.54) is 0 Å². The van der Waals surface area contributed by atoms with Crippen molar-refractivity contribution in [2.45, 2.75) is 31.0 Å². The normalized spacial score (nSPS) is 23.3. The zero-order valence-electron chi connectivity index (χ0n) is 13.8. The van der Waals surface area contributed by atoms with E-state index in [0.29, 0.717) is 19.0 Å². The van der Waals surface area contributed by atoms with Gasteiger partial charge in [0.2, 0.25) is 0 Å². The SMILES string of the molecule is O[C@@H]1CN(c2nc(C3CC3)nc3[nH]ccc23)C[C@H]1Oc1ccccc1. The number of ether oxygens (including phenoxy) is 1. The maximum absolute atomic E-state index is 10.5. The molecular weight excluding hydrogens is 316 g/mol. The summed E-state index contributed by atoms with van der Waals surface area (Å²) >= 11 is 0. The molecule has 5 rings (SSSR count). The number of fused-ring (bicyclic) bond motifs is 1. The summed E-state index contributed by atoms with van der Waals surface area (Å²) in [6, 6.07) is 11.6. The van der Waals surface area contributed by atoms with Crippen molar-refractivity contribution in [3.63, 3.8) is 0 Å². The van der Waals surface area contributed by atoms with E-state index in [0.717, 1.165) is 41.3 Å². The minimum atomic E-state index is -0.548. The molecule has 0 radical (unpaired) electrons. The molecular formula is C19H20N4O2. The van der Waals surface area contributed by atoms with Crippen molar-refractivity contribution < 1.29 is 9.84 Å². The Labute approximate surface area is 145 Å². The van der Waals surface area contributed by atoms with Gasteiger partial charge in [-0.2, -0.15) is 0 Å². The second-order valence-corrected chi connectivity index (χ2v) is 6.86. The number of benzene rings is 1. The summed E-state index contributed by atoms with van der Waals surface area (Å²) in [6.07, 6.45) is 3.40. The number of aliphatic hydroxyl groups is 1. The summed E-state index contributed by atoms with van der Waals surface area (Å²) in [4.78, 5) is 14.8. The van der Waals surface area contributed by atoms with E-state index in [4.69, 9.17) is 9.72 Å². The summed E-state index contributed by atoms with van der Waals surface area (Å²) in [5, 5.41) is 11.5. The number of rotatable bonds is 4. The highest BCUT2D eigenvalue weighted by molar-refractivity contribution is 5.87. The third kappa shape index (κ3) is 2.72. The lowest BCUT2D eigenvalue weighted by molar-refractivity contribution is 0.0738. The van der Waals surface area contributed by atoms with Crippen molar-refractivity contribution in [3.8, 4) is 5.75 Å². The standard InChI is InChI=1S/C19H20N4O2/c24-15-10-23(11-16(15)25-13-4-2-1-3-5-13)19-14-8-9-20-18(14)21-17(22-19)12-6-7-12/h1-5,8-9,12,15-16,24H,6-7,10-11H2,(H,20,21,22)/t15-,16-/m1/s1. The molecule has 2 N–H and O–H groups in total. The van der Waals surface area contributed by atoms with Crippen LogP contribution in [0.3, 0.4) is 0 Å². The summed E-state index contributed by atoms with van der Waals surface area (Å²) in [7, 11) is 0. The van der Waals surface area contributed by atoms with E-state index >= 15 is 0 Å². The topological polar surface area (TPSA) is 74.3 Å². The fourth-order valence-corrected chi connectivity index (χ4v) is 3.43. The summed E-state index contributed by atoms with van der Waals surface area (Å²) in [5.74, 6) is 3.06. The number of β-amino-alcohol motifs (C(OH)–C–C–N with tert-alkyl or cyclic N) is 1. The van der Waals surface area contributed by atoms with Crippen LogP contribution in [0.5, 0.6) is 5.75 Å². The fraction of sp³-hybridized carbons (Fsp3) is 0.368. The summed E-state index contributed by atoms with van der Waals surface area (Å²) in [6.45, 7) is 1.12. The van der Waals surface area contributed by atoms with Crippen molar-refractivity contribution in [2.75, 3.05) is 18.0 Å². The van der Waals surface area contributed by atoms with Gasteiger partial charge in [0.05, 0.1) is 11.9 Å². The van der Waals surface area contributed by atoms with Gasteiger partial charge < -0.3 is 19.7 Å². The first-order chi connectivity index (χ1) is 12.3. The molecule has 1 aliphatic carbocycles. The van der Waals surface area contributed by atoms with Crippen LogP contribution in [0.2, 0.25) is 0 Å². The number of nitrogens with one attached hydrogen (secondary N) is 1. The molecule has 0 spiro atoms. The Hall–Kier alpha value is -2.60. The molecule has 2 aliphatic rings. The first-order valence-electron chi connectivity index (χ1n) is 8.77. The Morgan fingerprint density at radius 1 is 1.08 bits per heavy atom. The number of anilines is 1. The lowest BCUT2D eigenvalue weighted by Gasteiger charge is -2.19. The largest absolute Gasteiger partial charge is 0.486 e. The zero-order valence-corrected chi connectivity index (χ0v) is 13.8. The van der Waals surface area contributed by atoms with Crippen LogP contribution in [0.25, 0.3) is 11.0 Å². The average Bonchev–Trinajstić information content (AvgIpc) is 3.27. The minimum absolute atomic E-state index is 0.268. The Morgan fingerprint density at radius 2 is 1.92 bits per heavy atom. The Balaban J connectivity index is 1.44. The van der Waals surface area contributed by atoms with Crippen LogP contribution in [-0.4, -0.2) is 45.4 Å². The Morgan fingerprint density at radius 3 is 2.72 bits per heavy atom. The zero-order chi connectivity index (χ0) is 16.8. The lowest BCUT2D eigenvalue weighted by Crippen LogP contribution is -2.30. The number of hydrogen-bond donors (Lipinski definition) is 2. The van der Waals surface area contributed by atoms with Crippen molar-refractivity contribution in [1.82, 2.24) is 15.0 Å². The highest BCUT2D eigenvalue weighted by Gasteiger charge is 2.36. The highest BCUT2D eigenvalue weighted by Crippen LogP contribution is 2.40. The monoisotopic (exact) mass is 336 g/mol. The third-order valence-corrected chi connectivity index (χ3v) is 4.92. The molecule has 3 aromatic rings. The number of aromatic amines is 1.